The Bertz CT molecular complexity index is 1500. The van der Waals surface area contributed by atoms with Gasteiger partial charge in [0.25, 0.3) is 10.0 Å². The lowest BCUT2D eigenvalue weighted by atomic mass is 10.1. The molecule has 0 radical (unpaired) electrons. The smallest absolute Gasteiger partial charge is 0.427 e. The molecule has 1 aliphatic heterocycles. The molecule has 2 aromatic rings. The van der Waals surface area contributed by atoms with Crippen LogP contribution in [0.2, 0.25) is 0 Å². The fraction of sp³-hybridized carbons (Fsp3) is 0.520. The maximum Gasteiger partial charge on any atom is 0.427 e. The fourth-order valence-corrected chi connectivity index (χ4v) is 5.83. The Morgan fingerprint density at radius 2 is 2.00 bits per heavy atom. The summed E-state index contributed by atoms with van der Waals surface area (Å²) < 4.78 is 80.2. The van der Waals surface area contributed by atoms with Gasteiger partial charge in [0.2, 0.25) is 11.5 Å². The quantitative estimate of drug-likeness (QED) is 0.469. The Hall–Kier alpha value is -4.00. The van der Waals surface area contributed by atoms with Crippen molar-refractivity contribution in [1.29, 1.82) is 5.26 Å². The molecule has 0 spiro atoms. The Kier molecular flexibility index (Phi) is 7.87. The van der Waals surface area contributed by atoms with Gasteiger partial charge in [0.05, 0.1) is 42.4 Å². The van der Waals surface area contributed by atoms with Gasteiger partial charge in [-0.3, -0.25) is 19.1 Å². The second-order valence-corrected chi connectivity index (χ2v) is 12.1. The molecule has 0 bridgehead atoms. The van der Waals surface area contributed by atoms with Crippen LogP contribution in [0.4, 0.5) is 29.3 Å². The van der Waals surface area contributed by atoms with Crippen LogP contribution in [0.1, 0.15) is 32.9 Å². The highest BCUT2D eigenvalue weighted by molar-refractivity contribution is 7.92. The first-order valence-corrected chi connectivity index (χ1v) is 14.1. The number of nitrogens with zero attached hydrogens (tertiary/aromatic N) is 4. The van der Waals surface area contributed by atoms with E-state index in [0.717, 1.165) is 4.31 Å². The van der Waals surface area contributed by atoms with Crippen LogP contribution in [-0.4, -0.2) is 61.2 Å². The lowest BCUT2D eigenvalue weighted by molar-refractivity contribution is -0.242. The number of alkyl halides is 3. The van der Waals surface area contributed by atoms with Crippen molar-refractivity contribution in [1.82, 2.24) is 15.1 Å². The Balaban J connectivity index is 1.62. The van der Waals surface area contributed by atoms with Gasteiger partial charge in [-0.15, -0.1) is 0 Å². The number of aryl methyl sites for hydroxylation is 2. The molecule has 1 saturated carbocycles. The van der Waals surface area contributed by atoms with Crippen LogP contribution in [0.15, 0.2) is 29.3 Å². The SMILES string of the molecule is CCn1cc(S(=O)(=O)N2C[C@H](CNC(=O)[C@@H]3C[C@@H]3C#N)Oc3ccc(NC(=O)OC(C)(C)C(F)(F)F)cc32)c(C)n1. The molecule has 0 saturated heterocycles. The summed E-state index contributed by atoms with van der Waals surface area (Å²) in [4.78, 5) is 24.6. The maximum atomic E-state index is 13.9. The first-order valence-electron chi connectivity index (χ1n) is 12.7. The summed E-state index contributed by atoms with van der Waals surface area (Å²) >= 11 is 0. The number of carbonyl (C=O) groups excluding carboxylic acids is 2. The van der Waals surface area contributed by atoms with Crippen LogP contribution >= 0.6 is 0 Å². The van der Waals surface area contributed by atoms with Crippen molar-refractivity contribution >= 4 is 33.4 Å². The van der Waals surface area contributed by atoms with Gasteiger partial charge in [-0.05, 0) is 52.3 Å². The number of amides is 2. The number of nitrogens with one attached hydrogen (secondary N) is 2. The summed E-state index contributed by atoms with van der Waals surface area (Å²) in [6.07, 6.45) is -5.20. The van der Waals surface area contributed by atoms with Crippen molar-refractivity contribution in [3.63, 3.8) is 0 Å². The van der Waals surface area contributed by atoms with Crippen molar-refractivity contribution in [3.8, 4) is 11.8 Å². The van der Waals surface area contributed by atoms with Crippen LogP contribution in [0.5, 0.6) is 5.75 Å². The molecule has 1 aliphatic carbocycles. The molecule has 2 amide bonds. The molecular formula is C25H29F3N6O6S. The standard InChI is InChI=1S/C25H29F3N6O6S/c1-5-33-13-21(14(2)32-33)41(37,38)34-12-17(11-30-22(35)18-8-15(18)10-29)39-20-7-6-16(9-19(20)34)31-23(36)40-24(3,4)25(26,27)28/h6-7,9,13,15,17-18H,5,8,11-12H2,1-4H3,(H,30,35)(H,31,36)/t15-,17+,18-/m1/s1. The van der Waals surface area contributed by atoms with Gasteiger partial charge in [0.1, 0.15) is 16.7 Å². The van der Waals surface area contributed by atoms with E-state index in [4.69, 9.17) is 10.00 Å². The number of rotatable bonds is 8. The minimum Gasteiger partial charge on any atom is -0.484 e. The Labute approximate surface area is 234 Å². The number of hydrogen-bond donors (Lipinski definition) is 2. The molecule has 12 nitrogen and oxygen atoms in total. The van der Waals surface area contributed by atoms with E-state index in [0.29, 0.717) is 26.8 Å². The van der Waals surface area contributed by atoms with Gasteiger partial charge in [-0.2, -0.15) is 23.5 Å². The molecule has 2 aliphatic rings. The zero-order chi connectivity index (χ0) is 30.3. The molecule has 3 atom stereocenters. The Morgan fingerprint density at radius 3 is 2.59 bits per heavy atom. The molecule has 1 aromatic heterocycles. The first kappa shape index (κ1) is 30.0. The van der Waals surface area contributed by atoms with E-state index >= 15 is 0 Å². The third-order valence-corrected chi connectivity index (χ3v) is 8.64. The number of sulfonamides is 1. The summed E-state index contributed by atoms with van der Waals surface area (Å²) in [6, 6.07) is 5.94. The van der Waals surface area contributed by atoms with Crippen molar-refractivity contribution in [2.24, 2.45) is 11.8 Å². The van der Waals surface area contributed by atoms with Gasteiger partial charge in [-0.25, -0.2) is 13.2 Å². The third-order valence-electron chi connectivity index (χ3n) is 6.76. The summed E-state index contributed by atoms with van der Waals surface area (Å²) in [6.45, 7) is 4.85. The van der Waals surface area contributed by atoms with Crippen LogP contribution in [0.25, 0.3) is 0 Å². The molecule has 222 valence electrons. The lowest BCUT2D eigenvalue weighted by Gasteiger charge is -2.35. The Morgan fingerprint density at radius 1 is 1.29 bits per heavy atom. The van der Waals surface area contributed by atoms with Crippen LogP contribution in [0.3, 0.4) is 0 Å². The summed E-state index contributed by atoms with van der Waals surface area (Å²) in [7, 11) is -4.26. The number of carbonyl (C=O) groups is 2. The number of ether oxygens (including phenoxy) is 2. The minimum atomic E-state index is -4.82. The molecule has 41 heavy (non-hydrogen) atoms. The van der Waals surface area contributed by atoms with E-state index in [9.17, 15) is 31.2 Å². The molecule has 1 aromatic carbocycles. The van der Waals surface area contributed by atoms with Crippen molar-refractivity contribution in [2.45, 2.75) is 63.4 Å². The zero-order valence-electron chi connectivity index (χ0n) is 22.7. The molecule has 2 N–H and O–H groups in total. The first-order chi connectivity index (χ1) is 19.1. The number of fused-ring (bicyclic) bond motifs is 1. The number of anilines is 2. The van der Waals surface area contributed by atoms with Crippen LogP contribution in [0, 0.1) is 30.1 Å². The zero-order valence-corrected chi connectivity index (χ0v) is 23.5. The van der Waals surface area contributed by atoms with E-state index in [2.05, 4.69) is 20.5 Å². The van der Waals surface area contributed by atoms with Crippen molar-refractivity contribution in [2.75, 3.05) is 22.7 Å². The highest BCUT2D eigenvalue weighted by Crippen LogP contribution is 2.40. The maximum absolute atomic E-state index is 13.9. The summed E-state index contributed by atoms with van der Waals surface area (Å²) in [5, 5.41) is 18.1. The second-order valence-electron chi connectivity index (χ2n) is 10.2. The van der Waals surface area contributed by atoms with Gasteiger partial charge in [0.15, 0.2) is 0 Å². The summed E-state index contributed by atoms with van der Waals surface area (Å²) in [5.41, 5.74) is -2.56. The topological polar surface area (TPSA) is 156 Å². The average Bonchev–Trinajstić information content (AvgIpc) is 3.58. The molecule has 16 heteroatoms. The van der Waals surface area contributed by atoms with Gasteiger partial charge in [-0.1, -0.05) is 0 Å². The van der Waals surface area contributed by atoms with Crippen LogP contribution < -0.4 is 19.7 Å². The summed E-state index contributed by atoms with van der Waals surface area (Å²) in [5.74, 6) is -1.01. The van der Waals surface area contributed by atoms with E-state index in [1.807, 2.05) is 6.07 Å². The average molecular weight is 599 g/mol. The largest absolute Gasteiger partial charge is 0.484 e. The van der Waals surface area contributed by atoms with Gasteiger partial charge in [0, 0.05) is 18.4 Å². The van der Waals surface area contributed by atoms with Crippen LogP contribution in [-0.2, 0) is 26.1 Å². The monoisotopic (exact) mass is 598 g/mol. The van der Waals surface area contributed by atoms with Crippen molar-refractivity contribution in [3.05, 3.63) is 30.1 Å². The minimum absolute atomic E-state index is 0.0100. The molecule has 4 rings (SSSR count). The number of halogens is 3. The fourth-order valence-electron chi connectivity index (χ4n) is 4.16. The highest BCUT2D eigenvalue weighted by atomic mass is 32.2. The number of nitriles is 1. The second kappa shape index (κ2) is 10.8. The molecule has 1 fully saturated rings. The van der Waals surface area contributed by atoms with Gasteiger partial charge < -0.3 is 14.8 Å². The third kappa shape index (κ3) is 6.19. The normalized spacial score (nSPS) is 20.3. The highest BCUT2D eigenvalue weighted by Gasteiger charge is 2.51. The predicted octanol–water partition coefficient (Wildman–Crippen LogP) is 3.33. The molecule has 2 heterocycles. The number of benzene rings is 1. The molecule has 0 unspecified atom stereocenters. The predicted molar refractivity (Wildman–Crippen MR) is 138 cm³/mol. The van der Waals surface area contributed by atoms with E-state index in [1.54, 1.807) is 6.92 Å². The van der Waals surface area contributed by atoms with E-state index in [1.165, 1.54) is 36.0 Å². The molecular weight excluding hydrogens is 569 g/mol. The lowest BCUT2D eigenvalue weighted by Crippen LogP contribution is -2.48. The number of hydrogen-bond acceptors (Lipinski definition) is 8. The van der Waals surface area contributed by atoms with E-state index < -0.39 is 39.9 Å². The van der Waals surface area contributed by atoms with Gasteiger partial charge >= 0.3 is 12.3 Å². The van der Waals surface area contributed by atoms with E-state index in [-0.39, 0.29) is 52.6 Å². The van der Waals surface area contributed by atoms with Crippen molar-refractivity contribution < 1.29 is 40.7 Å². The number of aromatic nitrogens is 2.